The molecule has 0 aliphatic rings. The monoisotopic (exact) mass is 232 g/mol. The summed E-state index contributed by atoms with van der Waals surface area (Å²) < 4.78 is 19.0. The van der Waals surface area contributed by atoms with E-state index in [1.807, 2.05) is 6.92 Å². The summed E-state index contributed by atoms with van der Waals surface area (Å²) >= 11 is 0. The third kappa shape index (κ3) is 2.09. The minimum absolute atomic E-state index is 0.176. The molecule has 2 aromatic carbocycles. The summed E-state index contributed by atoms with van der Waals surface area (Å²) in [4.78, 5) is 0. The molecule has 88 valence electrons. The number of hydrogen-bond donors (Lipinski definition) is 1. The van der Waals surface area contributed by atoms with Crippen molar-refractivity contribution < 1.29 is 14.2 Å². The van der Waals surface area contributed by atoms with Crippen LogP contribution in [0.15, 0.2) is 36.4 Å². The molecule has 17 heavy (non-hydrogen) atoms. The van der Waals surface area contributed by atoms with Crippen LogP contribution in [0.4, 0.5) is 4.39 Å². The van der Waals surface area contributed by atoms with Gasteiger partial charge in [-0.25, -0.2) is 4.39 Å². The molecule has 0 saturated carbocycles. The van der Waals surface area contributed by atoms with Crippen LogP contribution in [0.25, 0.3) is 11.1 Å². The Morgan fingerprint density at radius 1 is 1.12 bits per heavy atom. The molecule has 0 unspecified atom stereocenters. The molecule has 2 nitrogen and oxygen atoms in total. The van der Waals surface area contributed by atoms with E-state index in [0.29, 0.717) is 5.56 Å². The highest BCUT2D eigenvalue weighted by Crippen LogP contribution is 2.32. The Morgan fingerprint density at radius 2 is 1.88 bits per heavy atom. The van der Waals surface area contributed by atoms with Crippen LogP contribution >= 0.6 is 0 Å². The maximum atomic E-state index is 14.1. The molecule has 2 rings (SSSR count). The molecule has 0 atom stereocenters. The number of aromatic hydroxyl groups is 1. The number of hydrogen-bond acceptors (Lipinski definition) is 2. The summed E-state index contributed by atoms with van der Waals surface area (Å²) in [6.07, 6.45) is 0. The van der Waals surface area contributed by atoms with Gasteiger partial charge >= 0.3 is 0 Å². The number of phenolic OH excluding ortho intramolecular Hbond substituents is 1. The largest absolute Gasteiger partial charge is 0.508 e. The maximum Gasteiger partial charge on any atom is 0.172 e. The van der Waals surface area contributed by atoms with Crippen molar-refractivity contribution in [1.82, 2.24) is 0 Å². The van der Waals surface area contributed by atoms with Gasteiger partial charge in [0, 0.05) is 5.56 Å². The summed E-state index contributed by atoms with van der Waals surface area (Å²) in [7, 11) is 1.44. The zero-order chi connectivity index (χ0) is 12.4. The van der Waals surface area contributed by atoms with Gasteiger partial charge in [-0.1, -0.05) is 18.2 Å². The van der Waals surface area contributed by atoms with Crippen molar-refractivity contribution in [1.29, 1.82) is 0 Å². The fourth-order valence-electron chi connectivity index (χ4n) is 1.83. The number of rotatable bonds is 2. The van der Waals surface area contributed by atoms with Gasteiger partial charge in [0.2, 0.25) is 0 Å². The zero-order valence-corrected chi connectivity index (χ0v) is 9.70. The maximum absolute atomic E-state index is 14.1. The Labute approximate surface area is 99.3 Å². The Morgan fingerprint density at radius 3 is 2.53 bits per heavy atom. The lowest BCUT2D eigenvalue weighted by Crippen LogP contribution is -1.92. The Balaban J connectivity index is 2.60. The molecular formula is C14H13FO2. The first kappa shape index (κ1) is 11.5. The normalized spacial score (nSPS) is 10.3. The van der Waals surface area contributed by atoms with E-state index in [9.17, 15) is 9.50 Å². The minimum atomic E-state index is -0.385. The molecular weight excluding hydrogens is 219 g/mol. The smallest absolute Gasteiger partial charge is 0.172 e. The van der Waals surface area contributed by atoms with E-state index in [2.05, 4.69) is 0 Å². The van der Waals surface area contributed by atoms with Crippen molar-refractivity contribution in [2.75, 3.05) is 7.11 Å². The lowest BCUT2D eigenvalue weighted by molar-refractivity contribution is 0.387. The van der Waals surface area contributed by atoms with Gasteiger partial charge < -0.3 is 9.84 Å². The molecule has 0 aliphatic carbocycles. The molecule has 0 fully saturated rings. The first-order valence-electron chi connectivity index (χ1n) is 5.26. The molecule has 1 N–H and O–H groups in total. The topological polar surface area (TPSA) is 29.5 Å². The van der Waals surface area contributed by atoms with Crippen molar-refractivity contribution in [2.45, 2.75) is 6.92 Å². The second-order valence-corrected chi connectivity index (χ2v) is 3.82. The van der Waals surface area contributed by atoms with Crippen LogP contribution in [0.1, 0.15) is 5.56 Å². The molecule has 0 saturated heterocycles. The third-order valence-electron chi connectivity index (χ3n) is 2.68. The first-order valence-corrected chi connectivity index (χ1v) is 5.26. The van der Waals surface area contributed by atoms with Gasteiger partial charge in [-0.15, -0.1) is 0 Å². The number of methoxy groups -OCH3 is 1. The number of phenols is 1. The lowest BCUT2D eigenvalue weighted by atomic mass is 9.99. The SMILES string of the molecule is COc1cccc(-c2ccc(O)cc2C)c1F. The lowest BCUT2D eigenvalue weighted by Gasteiger charge is -2.10. The van der Waals surface area contributed by atoms with Gasteiger partial charge in [0.05, 0.1) is 7.11 Å². The van der Waals surface area contributed by atoms with Gasteiger partial charge in [-0.2, -0.15) is 0 Å². The molecule has 0 aromatic heterocycles. The van der Waals surface area contributed by atoms with E-state index < -0.39 is 0 Å². The summed E-state index contributed by atoms with van der Waals surface area (Å²) in [5, 5.41) is 9.34. The van der Waals surface area contributed by atoms with Gasteiger partial charge in [-0.3, -0.25) is 0 Å². The van der Waals surface area contributed by atoms with E-state index in [1.165, 1.54) is 7.11 Å². The second kappa shape index (κ2) is 4.45. The molecule has 0 bridgehead atoms. The van der Waals surface area contributed by atoms with Gasteiger partial charge in [0.1, 0.15) is 5.75 Å². The van der Waals surface area contributed by atoms with Crippen LogP contribution in [-0.4, -0.2) is 12.2 Å². The van der Waals surface area contributed by atoms with Crippen molar-refractivity contribution in [3.8, 4) is 22.6 Å². The third-order valence-corrected chi connectivity index (χ3v) is 2.68. The second-order valence-electron chi connectivity index (χ2n) is 3.82. The molecule has 3 heteroatoms. The highest BCUT2D eigenvalue weighted by molar-refractivity contribution is 5.70. The summed E-state index contributed by atoms with van der Waals surface area (Å²) in [6.45, 7) is 1.83. The average molecular weight is 232 g/mol. The van der Waals surface area contributed by atoms with Crippen LogP contribution in [0.2, 0.25) is 0 Å². The number of aryl methyl sites for hydroxylation is 1. The predicted molar refractivity (Wildman–Crippen MR) is 64.8 cm³/mol. The Kier molecular flexibility index (Phi) is 3.00. The van der Waals surface area contributed by atoms with E-state index in [0.717, 1.165) is 11.1 Å². The first-order chi connectivity index (χ1) is 8.13. The van der Waals surface area contributed by atoms with Crippen LogP contribution in [0, 0.1) is 12.7 Å². The Hall–Kier alpha value is -2.03. The summed E-state index contributed by atoms with van der Waals surface area (Å²) in [5.74, 6) is 0.00770. The summed E-state index contributed by atoms with van der Waals surface area (Å²) in [6, 6.07) is 9.85. The molecule has 0 spiro atoms. The van der Waals surface area contributed by atoms with E-state index in [-0.39, 0.29) is 17.3 Å². The van der Waals surface area contributed by atoms with Crippen molar-refractivity contribution in [3.63, 3.8) is 0 Å². The molecule has 0 amide bonds. The quantitative estimate of drug-likeness (QED) is 0.858. The van der Waals surface area contributed by atoms with Gasteiger partial charge in [0.25, 0.3) is 0 Å². The summed E-state index contributed by atoms with van der Waals surface area (Å²) in [5.41, 5.74) is 2.04. The van der Waals surface area contributed by atoms with E-state index in [4.69, 9.17) is 4.74 Å². The fourth-order valence-corrected chi connectivity index (χ4v) is 1.83. The van der Waals surface area contributed by atoms with Crippen LogP contribution in [0.3, 0.4) is 0 Å². The molecule has 0 radical (unpaired) electrons. The standard InChI is InChI=1S/C14H13FO2/c1-9-8-10(16)6-7-11(9)12-4-3-5-13(17-2)14(12)15/h3-8,16H,1-2H3. The number of benzene rings is 2. The number of halogens is 1. The number of ether oxygens (including phenoxy) is 1. The highest BCUT2D eigenvalue weighted by Gasteiger charge is 2.12. The van der Waals surface area contributed by atoms with Gasteiger partial charge in [0.15, 0.2) is 11.6 Å². The van der Waals surface area contributed by atoms with Crippen LogP contribution < -0.4 is 4.74 Å². The van der Waals surface area contributed by atoms with E-state index >= 15 is 0 Å². The van der Waals surface area contributed by atoms with Crippen LogP contribution in [0.5, 0.6) is 11.5 Å². The fraction of sp³-hybridized carbons (Fsp3) is 0.143. The zero-order valence-electron chi connectivity index (χ0n) is 9.70. The van der Waals surface area contributed by atoms with Gasteiger partial charge in [-0.05, 0) is 36.2 Å². The molecule has 2 aromatic rings. The van der Waals surface area contributed by atoms with Crippen molar-refractivity contribution in [2.24, 2.45) is 0 Å². The predicted octanol–water partition coefficient (Wildman–Crippen LogP) is 3.52. The Bertz CT molecular complexity index is 550. The molecule has 0 aliphatic heterocycles. The molecule has 0 heterocycles. The highest BCUT2D eigenvalue weighted by atomic mass is 19.1. The minimum Gasteiger partial charge on any atom is -0.508 e. The van der Waals surface area contributed by atoms with E-state index in [1.54, 1.807) is 36.4 Å². The average Bonchev–Trinajstić information content (AvgIpc) is 2.30. The van der Waals surface area contributed by atoms with Crippen LogP contribution in [-0.2, 0) is 0 Å². The van der Waals surface area contributed by atoms with Crippen molar-refractivity contribution >= 4 is 0 Å². The van der Waals surface area contributed by atoms with Crippen molar-refractivity contribution in [3.05, 3.63) is 47.8 Å².